The lowest BCUT2D eigenvalue weighted by molar-refractivity contribution is 0.102. The topological polar surface area (TPSA) is 101 Å². The molecule has 0 saturated heterocycles. The van der Waals surface area contributed by atoms with E-state index in [4.69, 9.17) is 4.52 Å². The highest BCUT2D eigenvalue weighted by molar-refractivity contribution is 7.92. The van der Waals surface area contributed by atoms with Crippen LogP contribution in [0.5, 0.6) is 0 Å². The van der Waals surface area contributed by atoms with Gasteiger partial charge in [-0.1, -0.05) is 24.2 Å². The molecule has 1 amide bonds. The van der Waals surface area contributed by atoms with Gasteiger partial charge in [0.25, 0.3) is 15.9 Å². The first-order valence-electron chi connectivity index (χ1n) is 8.34. The van der Waals surface area contributed by atoms with Crippen LogP contribution in [0.4, 0.5) is 11.5 Å². The second kappa shape index (κ2) is 7.63. The van der Waals surface area contributed by atoms with Crippen LogP contribution in [0, 0.1) is 6.92 Å². The lowest BCUT2D eigenvalue weighted by Crippen LogP contribution is -2.15. The summed E-state index contributed by atoms with van der Waals surface area (Å²) in [6.45, 7) is 3.72. The maximum Gasteiger partial charge on any atom is 0.263 e. The van der Waals surface area contributed by atoms with Gasteiger partial charge in [0.15, 0.2) is 5.82 Å². The summed E-state index contributed by atoms with van der Waals surface area (Å²) in [5.74, 6) is 0.278. The Labute approximate surface area is 157 Å². The molecular formula is C19H19N3O4S. The monoisotopic (exact) mass is 385 g/mol. The molecule has 140 valence electrons. The molecule has 0 radical (unpaired) electrons. The average Bonchev–Trinajstić information content (AvgIpc) is 3.06. The number of carbonyl (C=O) groups excluding carboxylic acids is 1. The molecule has 8 heteroatoms. The van der Waals surface area contributed by atoms with Gasteiger partial charge < -0.3 is 9.84 Å². The SMILES string of the molecule is CCc1ccc(NC(=O)c2ccc(S(=O)(=O)Nc3cc(C)on3)cc2)cc1. The van der Waals surface area contributed by atoms with Crippen molar-refractivity contribution in [3.63, 3.8) is 0 Å². The minimum absolute atomic E-state index is 0.0204. The highest BCUT2D eigenvalue weighted by atomic mass is 32.2. The van der Waals surface area contributed by atoms with Gasteiger partial charge in [-0.05, 0) is 55.3 Å². The van der Waals surface area contributed by atoms with Crippen LogP contribution in [0.3, 0.4) is 0 Å². The fourth-order valence-electron chi connectivity index (χ4n) is 2.42. The molecule has 1 aromatic heterocycles. The molecule has 0 aliphatic carbocycles. The summed E-state index contributed by atoms with van der Waals surface area (Å²) in [5.41, 5.74) is 2.21. The minimum atomic E-state index is -3.81. The molecule has 0 spiro atoms. The molecule has 0 aliphatic heterocycles. The predicted octanol–water partition coefficient (Wildman–Crippen LogP) is 3.60. The van der Waals surface area contributed by atoms with Crippen molar-refractivity contribution in [1.82, 2.24) is 5.16 Å². The molecule has 1 heterocycles. The van der Waals surface area contributed by atoms with E-state index in [1.807, 2.05) is 24.3 Å². The Morgan fingerprint density at radius 3 is 2.30 bits per heavy atom. The maximum atomic E-state index is 12.4. The van der Waals surface area contributed by atoms with Crippen molar-refractivity contribution >= 4 is 27.4 Å². The van der Waals surface area contributed by atoms with Crippen molar-refractivity contribution in [2.75, 3.05) is 10.0 Å². The number of aryl methyl sites for hydroxylation is 2. The summed E-state index contributed by atoms with van der Waals surface area (Å²) in [7, 11) is -3.81. The first-order chi connectivity index (χ1) is 12.9. The third-order valence-corrected chi connectivity index (χ3v) is 5.28. The van der Waals surface area contributed by atoms with Crippen molar-refractivity contribution in [1.29, 1.82) is 0 Å². The molecule has 27 heavy (non-hydrogen) atoms. The van der Waals surface area contributed by atoms with Crippen molar-refractivity contribution < 1.29 is 17.7 Å². The van der Waals surface area contributed by atoms with E-state index in [-0.39, 0.29) is 16.6 Å². The van der Waals surface area contributed by atoms with Crippen LogP contribution in [0.25, 0.3) is 0 Å². The fraction of sp³-hybridized carbons (Fsp3) is 0.158. The summed E-state index contributed by atoms with van der Waals surface area (Å²) >= 11 is 0. The number of hydrogen-bond acceptors (Lipinski definition) is 5. The number of rotatable bonds is 6. The number of anilines is 2. The molecule has 7 nitrogen and oxygen atoms in total. The van der Waals surface area contributed by atoms with Crippen LogP contribution >= 0.6 is 0 Å². The maximum absolute atomic E-state index is 12.4. The van der Waals surface area contributed by atoms with Gasteiger partial charge in [-0.2, -0.15) is 0 Å². The van der Waals surface area contributed by atoms with Crippen LogP contribution in [0.2, 0.25) is 0 Å². The molecule has 0 atom stereocenters. The predicted molar refractivity (Wildman–Crippen MR) is 102 cm³/mol. The molecule has 0 bridgehead atoms. The smallest absolute Gasteiger partial charge is 0.263 e. The van der Waals surface area contributed by atoms with Gasteiger partial charge in [-0.25, -0.2) is 8.42 Å². The molecular weight excluding hydrogens is 366 g/mol. The Hall–Kier alpha value is -3.13. The van der Waals surface area contributed by atoms with Gasteiger partial charge >= 0.3 is 0 Å². The summed E-state index contributed by atoms with van der Waals surface area (Å²) < 4.78 is 31.9. The molecule has 2 aromatic carbocycles. The van der Waals surface area contributed by atoms with Gasteiger partial charge in [0.1, 0.15) is 5.76 Å². The quantitative estimate of drug-likeness (QED) is 0.675. The number of benzene rings is 2. The Morgan fingerprint density at radius 1 is 1.07 bits per heavy atom. The number of nitrogens with zero attached hydrogens (tertiary/aromatic N) is 1. The van der Waals surface area contributed by atoms with Crippen LogP contribution < -0.4 is 10.0 Å². The van der Waals surface area contributed by atoms with Gasteiger partial charge in [0.2, 0.25) is 0 Å². The number of carbonyl (C=O) groups is 1. The third-order valence-electron chi connectivity index (χ3n) is 3.91. The minimum Gasteiger partial charge on any atom is -0.360 e. The lowest BCUT2D eigenvalue weighted by atomic mass is 10.1. The van der Waals surface area contributed by atoms with Gasteiger partial charge in [0, 0.05) is 17.3 Å². The highest BCUT2D eigenvalue weighted by Gasteiger charge is 2.17. The van der Waals surface area contributed by atoms with Crippen LogP contribution in [0.1, 0.15) is 28.6 Å². The number of sulfonamides is 1. The van der Waals surface area contributed by atoms with Crippen LogP contribution in [-0.2, 0) is 16.4 Å². The molecule has 3 rings (SSSR count). The number of hydrogen-bond donors (Lipinski definition) is 2. The van der Waals surface area contributed by atoms with E-state index in [9.17, 15) is 13.2 Å². The molecule has 0 fully saturated rings. The normalized spacial score (nSPS) is 11.2. The second-order valence-corrected chi connectivity index (χ2v) is 7.64. The number of aromatic nitrogens is 1. The second-order valence-electron chi connectivity index (χ2n) is 5.96. The summed E-state index contributed by atoms with van der Waals surface area (Å²) in [4.78, 5) is 12.3. The first-order valence-corrected chi connectivity index (χ1v) is 9.82. The number of amides is 1. The zero-order chi connectivity index (χ0) is 19.4. The molecule has 3 aromatic rings. The molecule has 0 aliphatic rings. The highest BCUT2D eigenvalue weighted by Crippen LogP contribution is 2.17. The average molecular weight is 385 g/mol. The zero-order valence-electron chi connectivity index (χ0n) is 14.9. The largest absolute Gasteiger partial charge is 0.360 e. The Morgan fingerprint density at radius 2 is 1.74 bits per heavy atom. The van der Waals surface area contributed by atoms with Crippen molar-refractivity contribution in [3.8, 4) is 0 Å². The number of nitrogens with one attached hydrogen (secondary N) is 2. The molecule has 0 saturated carbocycles. The molecule has 0 unspecified atom stereocenters. The standard InChI is InChI=1S/C19H19N3O4S/c1-3-14-4-8-16(9-5-14)20-19(23)15-6-10-17(11-7-15)27(24,25)22-18-12-13(2)26-21-18/h4-12H,3H2,1-2H3,(H,20,23)(H,21,22). The Kier molecular flexibility index (Phi) is 5.27. The fourth-order valence-corrected chi connectivity index (χ4v) is 3.41. The van der Waals surface area contributed by atoms with Crippen molar-refractivity contribution in [2.45, 2.75) is 25.2 Å². The molecule has 2 N–H and O–H groups in total. The summed E-state index contributed by atoms with van der Waals surface area (Å²) in [5, 5.41) is 6.39. The van der Waals surface area contributed by atoms with E-state index in [2.05, 4.69) is 22.1 Å². The van der Waals surface area contributed by atoms with E-state index in [1.165, 1.54) is 35.9 Å². The van der Waals surface area contributed by atoms with Gasteiger partial charge in [-0.3, -0.25) is 9.52 Å². The van der Waals surface area contributed by atoms with Crippen LogP contribution in [-0.4, -0.2) is 19.5 Å². The first kappa shape index (κ1) is 18.7. The van der Waals surface area contributed by atoms with E-state index in [0.717, 1.165) is 6.42 Å². The Bertz CT molecular complexity index is 1040. The van der Waals surface area contributed by atoms with Gasteiger partial charge in [-0.15, -0.1) is 0 Å². The summed E-state index contributed by atoms with van der Waals surface area (Å²) in [6, 6.07) is 14.7. The van der Waals surface area contributed by atoms with E-state index in [1.54, 1.807) is 6.92 Å². The zero-order valence-corrected chi connectivity index (χ0v) is 15.7. The van der Waals surface area contributed by atoms with Crippen LogP contribution in [0.15, 0.2) is 64.0 Å². The van der Waals surface area contributed by atoms with E-state index < -0.39 is 10.0 Å². The van der Waals surface area contributed by atoms with E-state index in [0.29, 0.717) is 17.0 Å². The van der Waals surface area contributed by atoms with Gasteiger partial charge in [0.05, 0.1) is 4.90 Å². The third kappa shape index (κ3) is 4.53. The van der Waals surface area contributed by atoms with E-state index >= 15 is 0 Å². The van der Waals surface area contributed by atoms with Crippen molar-refractivity contribution in [2.24, 2.45) is 0 Å². The lowest BCUT2D eigenvalue weighted by Gasteiger charge is -2.08. The van der Waals surface area contributed by atoms with Crippen molar-refractivity contribution in [3.05, 3.63) is 71.5 Å². The summed E-state index contributed by atoms with van der Waals surface area (Å²) in [6.07, 6.45) is 0.923. The Balaban J connectivity index is 1.70.